The molecule has 104 valence electrons. The maximum Gasteiger partial charge on any atom is 0.327 e. The smallest absolute Gasteiger partial charge is 0.327 e. The van der Waals surface area contributed by atoms with E-state index in [0.29, 0.717) is 18.8 Å². The molecule has 2 aliphatic heterocycles. The topological polar surface area (TPSA) is 50.8 Å². The lowest BCUT2D eigenvalue weighted by molar-refractivity contribution is -0.149. The summed E-state index contributed by atoms with van der Waals surface area (Å²) in [7, 11) is 1.45. The van der Waals surface area contributed by atoms with E-state index in [0.717, 1.165) is 32.5 Å². The van der Waals surface area contributed by atoms with Crippen LogP contribution in [0.1, 0.15) is 26.7 Å². The van der Waals surface area contributed by atoms with Crippen molar-refractivity contribution < 1.29 is 14.3 Å². The lowest BCUT2D eigenvalue weighted by Crippen LogP contribution is -2.59. The Morgan fingerprint density at radius 1 is 1.44 bits per heavy atom. The normalized spacial score (nSPS) is 31.1. The summed E-state index contributed by atoms with van der Waals surface area (Å²) in [5, 5.41) is 3.25. The SMILES string of the molecule is CCNC(C)(CN1CC2CCC(C1)O2)C(=O)OC. The average Bonchev–Trinajstić information content (AvgIpc) is 2.68. The number of hydrogen-bond donors (Lipinski definition) is 1. The predicted octanol–water partition coefficient (Wildman–Crippen LogP) is 0.391. The molecule has 0 aromatic heterocycles. The molecule has 2 aliphatic rings. The summed E-state index contributed by atoms with van der Waals surface area (Å²) in [5.74, 6) is -0.191. The van der Waals surface area contributed by atoms with Crippen molar-refractivity contribution >= 4 is 5.97 Å². The molecule has 5 heteroatoms. The summed E-state index contributed by atoms with van der Waals surface area (Å²) < 4.78 is 10.7. The number of morpholine rings is 1. The quantitative estimate of drug-likeness (QED) is 0.721. The Bertz CT molecular complexity index is 299. The number of likely N-dealkylation sites (tertiary alicyclic amines) is 1. The third-order valence-electron chi connectivity index (χ3n) is 3.86. The zero-order valence-electron chi connectivity index (χ0n) is 11.6. The summed E-state index contributed by atoms with van der Waals surface area (Å²) in [5.41, 5.74) is -0.625. The van der Waals surface area contributed by atoms with Gasteiger partial charge in [-0.25, -0.2) is 0 Å². The van der Waals surface area contributed by atoms with Gasteiger partial charge in [0.1, 0.15) is 5.54 Å². The van der Waals surface area contributed by atoms with Crippen LogP contribution in [0.3, 0.4) is 0 Å². The number of likely N-dealkylation sites (N-methyl/N-ethyl adjacent to an activating group) is 1. The Hall–Kier alpha value is -0.650. The highest BCUT2D eigenvalue weighted by Gasteiger charge is 2.40. The first-order valence-corrected chi connectivity index (χ1v) is 6.78. The molecule has 0 saturated carbocycles. The maximum atomic E-state index is 11.9. The molecule has 0 aromatic rings. The van der Waals surface area contributed by atoms with Crippen LogP contribution < -0.4 is 5.32 Å². The van der Waals surface area contributed by atoms with E-state index in [4.69, 9.17) is 9.47 Å². The first-order chi connectivity index (χ1) is 8.57. The van der Waals surface area contributed by atoms with Crippen molar-refractivity contribution in [3.05, 3.63) is 0 Å². The molecule has 18 heavy (non-hydrogen) atoms. The molecule has 3 unspecified atom stereocenters. The number of rotatable bonds is 5. The second-order valence-electron chi connectivity index (χ2n) is 5.51. The summed E-state index contributed by atoms with van der Waals surface area (Å²) in [6.07, 6.45) is 3.01. The van der Waals surface area contributed by atoms with Crippen LogP contribution in [0.25, 0.3) is 0 Å². The second kappa shape index (κ2) is 5.55. The number of esters is 1. The van der Waals surface area contributed by atoms with Crippen molar-refractivity contribution in [2.45, 2.75) is 44.4 Å². The van der Waals surface area contributed by atoms with Crippen LogP contribution in [0.5, 0.6) is 0 Å². The van der Waals surface area contributed by atoms with Crippen LogP contribution in [0, 0.1) is 0 Å². The molecule has 0 radical (unpaired) electrons. The fraction of sp³-hybridized carbons (Fsp3) is 0.923. The Morgan fingerprint density at radius 3 is 2.56 bits per heavy atom. The number of nitrogens with zero attached hydrogens (tertiary/aromatic N) is 1. The molecule has 0 aromatic carbocycles. The number of fused-ring (bicyclic) bond motifs is 2. The van der Waals surface area contributed by atoms with Crippen LogP contribution >= 0.6 is 0 Å². The zero-order valence-corrected chi connectivity index (χ0v) is 11.6. The van der Waals surface area contributed by atoms with Gasteiger partial charge in [-0.2, -0.15) is 0 Å². The molecule has 2 heterocycles. The molecular weight excluding hydrogens is 232 g/mol. The molecule has 2 bridgehead atoms. The summed E-state index contributed by atoms with van der Waals surface area (Å²) in [4.78, 5) is 14.3. The molecule has 5 nitrogen and oxygen atoms in total. The van der Waals surface area contributed by atoms with Crippen LogP contribution in [-0.2, 0) is 14.3 Å². The zero-order chi connectivity index (χ0) is 13.2. The van der Waals surface area contributed by atoms with Crippen LogP contribution in [0.15, 0.2) is 0 Å². The predicted molar refractivity (Wildman–Crippen MR) is 68.4 cm³/mol. The van der Waals surface area contributed by atoms with Gasteiger partial charge in [-0.3, -0.25) is 9.69 Å². The van der Waals surface area contributed by atoms with Crippen LogP contribution in [0.4, 0.5) is 0 Å². The average molecular weight is 256 g/mol. The number of nitrogens with one attached hydrogen (secondary N) is 1. The molecular formula is C13H24N2O3. The summed E-state index contributed by atoms with van der Waals surface area (Å²) in [6, 6.07) is 0. The highest BCUT2D eigenvalue weighted by Crippen LogP contribution is 2.27. The van der Waals surface area contributed by atoms with Gasteiger partial charge in [0, 0.05) is 19.6 Å². The highest BCUT2D eigenvalue weighted by atomic mass is 16.5. The summed E-state index contributed by atoms with van der Waals surface area (Å²) >= 11 is 0. The van der Waals surface area contributed by atoms with E-state index in [9.17, 15) is 4.79 Å². The molecule has 3 atom stereocenters. The molecule has 1 N–H and O–H groups in total. The van der Waals surface area contributed by atoms with Gasteiger partial charge >= 0.3 is 5.97 Å². The fourth-order valence-electron chi connectivity index (χ4n) is 3.08. The monoisotopic (exact) mass is 256 g/mol. The first-order valence-electron chi connectivity index (χ1n) is 6.78. The van der Waals surface area contributed by atoms with E-state index >= 15 is 0 Å². The van der Waals surface area contributed by atoms with Crippen molar-refractivity contribution in [2.24, 2.45) is 0 Å². The molecule has 0 amide bonds. The van der Waals surface area contributed by atoms with Gasteiger partial charge in [0.2, 0.25) is 0 Å². The number of carbonyl (C=O) groups excluding carboxylic acids is 1. The molecule has 2 fully saturated rings. The molecule has 2 rings (SSSR count). The van der Waals surface area contributed by atoms with Gasteiger partial charge in [0.25, 0.3) is 0 Å². The Balaban J connectivity index is 1.98. The van der Waals surface area contributed by atoms with Crippen LogP contribution in [0.2, 0.25) is 0 Å². The van der Waals surface area contributed by atoms with Gasteiger partial charge in [-0.15, -0.1) is 0 Å². The van der Waals surface area contributed by atoms with Crippen molar-refractivity contribution in [3.63, 3.8) is 0 Å². The van der Waals surface area contributed by atoms with Gasteiger partial charge in [-0.05, 0) is 26.3 Å². The van der Waals surface area contributed by atoms with E-state index in [-0.39, 0.29) is 5.97 Å². The van der Waals surface area contributed by atoms with Gasteiger partial charge < -0.3 is 14.8 Å². The van der Waals surface area contributed by atoms with Crippen LogP contribution in [-0.4, -0.2) is 61.9 Å². The van der Waals surface area contributed by atoms with Crippen molar-refractivity contribution in [2.75, 3.05) is 33.3 Å². The fourth-order valence-corrected chi connectivity index (χ4v) is 3.08. The van der Waals surface area contributed by atoms with E-state index in [1.165, 1.54) is 7.11 Å². The second-order valence-corrected chi connectivity index (χ2v) is 5.51. The first kappa shape index (κ1) is 13.8. The number of carbonyl (C=O) groups is 1. The van der Waals surface area contributed by atoms with Gasteiger partial charge in [0.15, 0.2) is 0 Å². The van der Waals surface area contributed by atoms with Crippen molar-refractivity contribution in [3.8, 4) is 0 Å². The number of ether oxygens (including phenoxy) is 2. The molecule has 0 spiro atoms. The number of methoxy groups -OCH3 is 1. The summed E-state index contributed by atoms with van der Waals surface area (Å²) in [6.45, 7) is 7.21. The lowest BCUT2D eigenvalue weighted by atomic mass is 10.0. The van der Waals surface area contributed by atoms with E-state index in [2.05, 4.69) is 10.2 Å². The minimum absolute atomic E-state index is 0.191. The third-order valence-corrected chi connectivity index (χ3v) is 3.86. The maximum absolute atomic E-state index is 11.9. The van der Waals surface area contributed by atoms with Crippen molar-refractivity contribution in [1.82, 2.24) is 10.2 Å². The van der Waals surface area contributed by atoms with Crippen molar-refractivity contribution in [1.29, 1.82) is 0 Å². The molecule has 2 saturated heterocycles. The Kier molecular flexibility index (Phi) is 4.25. The third kappa shape index (κ3) is 2.84. The van der Waals surface area contributed by atoms with E-state index in [1.807, 2.05) is 13.8 Å². The Morgan fingerprint density at radius 2 is 2.06 bits per heavy atom. The standard InChI is InChI=1S/C13H24N2O3/c1-4-14-13(2,12(16)17-3)9-15-7-10-5-6-11(8-15)18-10/h10-11,14H,4-9H2,1-3H3. The van der Waals surface area contributed by atoms with E-state index in [1.54, 1.807) is 0 Å². The highest BCUT2D eigenvalue weighted by molar-refractivity contribution is 5.80. The molecule has 0 aliphatic carbocycles. The minimum atomic E-state index is -0.625. The minimum Gasteiger partial charge on any atom is -0.468 e. The largest absolute Gasteiger partial charge is 0.468 e. The number of hydrogen-bond acceptors (Lipinski definition) is 5. The Labute approximate surface area is 109 Å². The van der Waals surface area contributed by atoms with E-state index < -0.39 is 5.54 Å². The lowest BCUT2D eigenvalue weighted by Gasteiger charge is -2.38. The van der Waals surface area contributed by atoms with Gasteiger partial charge in [0.05, 0.1) is 19.3 Å². The van der Waals surface area contributed by atoms with Gasteiger partial charge in [-0.1, -0.05) is 6.92 Å².